The quantitative estimate of drug-likeness (QED) is 0.580. The molecule has 6 nitrogen and oxygen atoms in total. The molecule has 0 saturated carbocycles. The summed E-state index contributed by atoms with van der Waals surface area (Å²) >= 11 is 0. The Hall–Kier alpha value is -1.63. The van der Waals surface area contributed by atoms with Gasteiger partial charge in [0, 0.05) is 25.4 Å². The first-order valence-corrected chi connectivity index (χ1v) is 10.3. The number of nitrogens with zero attached hydrogens (tertiary/aromatic N) is 1. The van der Waals surface area contributed by atoms with Crippen molar-refractivity contribution >= 4 is 6.09 Å². The van der Waals surface area contributed by atoms with Gasteiger partial charge in [0.2, 0.25) is 0 Å². The van der Waals surface area contributed by atoms with Crippen molar-refractivity contribution in [1.82, 2.24) is 4.90 Å². The van der Waals surface area contributed by atoms with Gasteiger partial charge in [-0.1, -0.05) is 24.3 Å². The summed E-state index contributed by atoms with van der Waals surface area (Å²) < 4.78 is 22.8. The van der Waals surface area contributed by atoms with E-state index in [9.17, 15) is 4.79 Å². The van der Waals surface area contributed by atoms with E-state index in [1.807, 2.05) is 58.9 Å². The first-order valence-electron chi connectivity index (χ1n) is 10.3. The van der Waals surface area contributed by atoms with Crippen LogP contribution in [-0.2, 0) is 25.5 Å². The zero-order valence-corrected chi connectivity index (χ0v) is 17.9. The van der Waals surface area contributed by atoms with E-state index >= 15 is 0 Å². The summed E-state index contributed by atoms with van der Waals surface area (Å²) in [5.41, 5.74) is 1.43. The third kappa shape index (κ3) is 7.08. The Morgan fingerprint density at radius 2 is 1.79 bits per heavy atom. The molecule has 1 saturated heterocycles. The average Bonchev–Trinajstić information content (AvgIpc) is 2.66. The van der Waals surface area contributed by atoms with E-state index in [1.54, 1.807) is 4.90 Å². The Balaban J connectivity index is 2.12. The fourth-order valence-electron chi connectivity index (χ4n) is 3.09. The van der Waals surface area contributed by atoms with E-state index in [-0.39, 0.29) is 18.6 Å². The standard InChI is InChI=1S/C22H35NO5/c1-6-25-20(26-7-2)18-13-11-17(12-14-18)16-23(19-10-8-9-15-27-19)21(24)28-22(3,4)5/h11-14,19-20H,6-10,15-16H2,1-5H3. The molecule has 1 aliphatic rings. The SMILES string of the molecule is CCOC(OCC)c1ccc(CN(C(=O)OC(C)(C)C)C2CCCCO2)cc1. The molecule has 0 N–H and O–H groups in total. The van der Waals surface area contributed by atoms with Gasteiger partial charge in [-0.25, -0.2) is 4.79 Å². The lowest BCUT2D eigenvalue weighted by Crippen LogP contribution is -2.45. The molecule has 0 bridgehead atoms. The van der Waals surface area contributed by atoms with Crippen LogP contribution in [0.1, 0.15) is 71.3 Å². The Labute approximate surface area is 169 Å². The van der Waals surface area contributed by atoms with E-state index in [1.165, 1.54) is 0 Å². The van der Waals surface area contributed by atoms with Crippen LogP contribution in [0.2, 0.25) is 0 Å². The fourth-order valence-corrected chi connectivity index (χ4v) is 3.09. The van der Waals surface area contributed by atoms with Crippen molar-refractivity contribution in [2.75, 3.05) is 19.8 Å². The maximum atomic E-state index is 12.8. The molecule has 158 valence electrons. The van der Waals surface area contributed by atoms with Gasteiger partial charge in [0.15, 0.2) is 6.29 Å². The zero-order valence-electron chi connectivity index (χ0n) is 17.9. The molecule has 1 heterocycles. The van der Waals surface area contributed by atoms with E-state index in [0.29, 0.717) is 26.4 Å². The summed E-state index contributed by atoms with van der Waals surface area (Å²) in [5.74, 6) is 0. The number of hydrogen-bond acceptors (Lipinski definition) is 5. The summed E-state index contributed by atoms with van der Waals surface area (Å²) in [4.78, 5) is 14.5. The highest BCUT2D eigenvalue weighted by Crippen LogP contribution is 2.24. The van der Waals surface area contributed by atoms with Gasteiger partial charge in [0.1, 0.15) is 11.8 Å². The lowest BCUT2D eigenvalue weighted by molar-refractivity contribution is -0.140. The lowest BCUT2D eigenvalue weighted by atomic mass is 10.1. The summed E-state index contributed by atoms with van der Waals surface area (Å²) in [5, 5.41) is 0. The highest BCUT2D eigenvalue weighted by atomic mass is 16.7. The van der Waals surface area contributed by atoms with E-state index in [2.05, 4.69) is 0 Å². The number of amides is 1. The minimum Gasteiger partial charge on any atom is -0.444 e. The van der Waals surface area contributed by atoms with Gasteiger partial charge in [0.05, 0.1) is 6.54 Å². The average molecular weight is 394 g/mol. The van der Waals surface area contributed by atoms with Crippen LogP contribution in [0.15, 0.2) is 24.3 Å². The Morgan fingerprint density at radius 3 is 2.29 bits per heavy atom. The van der Waals surface area contributed by atoms with Crippen molar-refractivity contribution in [3.05, 3.63) is 35.4 Å². The smallest absolute Gasteiger partial charge is 0.412 e. The molecule has 0 radical (unpaired) electrons. The second kappa shape index (κ2) is 10.8. The molecule has 1 aliphatic heterocycles. The normalized spacial score (nSPS) is 17.6. The van der Waals surface area contributed by atoms with Gasteiger partial charge >= 0.3 is 6.09 Å². The first kappa shape index (κ1) is 22.7. The largest absolute Gasteiger partial charge is 0.444 e. The highest BCUT2D eigenvalue weighted by Gasteiger charge is 2.30. The molecule has 1 aromatic carbocycles. The summed E-state index contributed by atoms with van der Waals surface area (Å²) in [7, 11) is 0. The minimum atomic E-state index is -0.546. The minimum absolute atomic E-state index is 0.247. The van der Waals surface area contributed by atoms with Gasteiger partial charge in [-0.3, -0.25) is 4.90 Å². The van der Waals surface area contributed by atoms with Gasteiger partial charge in [-0.15, -0.1) is 0 Å². The van der Waals surface area contributed by atoms with E-state index in [4.69, 9.17) is 18.9 Å². The van der Waals surface area contributed by atoms with Crippen LogP contribution in [-0.4, -0.2) is 42.6 Å². The van der Waals surface area contributed by atoms with Crippen molar-refractivity contribution < 1.29 is 23.7 Å². The topological polar surface area (TPSA) is 57.2 Å². The van der Waals surface area contributed by atoms with Gasteiger partial charge in [-0.05, 0) is 59.4 Å². The zero-order chi connectivity index (χ0) is 20.6. The lowest BCUT2D eigenvalue weighted by Gasteiger charge is -2.35. The molecule has 28 heavy (non-hydrogen) atoms. The molecule has 1 atom stereocenters. The van der Waals surface area contributed by atoms with E-state index in [0.717, 1.165) is 30.4 Å². The fraction of sp³-hybridized carbons (Fsp3) is 0.682. The van der Waals surface area contributed by atoms with Crippen molar-refractivity contribution in [2.45, 2.75) is 78.5 Å². The van der Waals surface area contributed by atoms with Crippen LogP contribution < -0.4 is 0 Å². The molecule has 1 amide bonds. The number of benzene rings is 1. The molecule has 6 heteroatoms. The molecule has 1 unspecified atom stereocenters. The molecule has 2 rings (SSSR count). The Bertz CT molecular complexity index is 584. The molecule has 0 aromatic heterocycles. The summed E-state index contributed by atoms with van der Waals surface area (Å²) in [6, 6.07) is 7.97. The van der Waals surface area contributed by atoms with E-state index < -0.39 is 5.60 Å². The number of ether oxygens (including phenoxy) is 4. The number of carbonyl (C=O) groups excluding carboxylic acids is 1. The molecule has 1 fully saturated rings. The molecule has 0 spiro atoms. The van der Waals surface area contributed by atoms with Crippen LogP contribution in [0, 0.1) is 0 Å². The second-order valence-corrected chi connectivity index (χ2v) is 7.91. The van der Waals surface area contributed by atoms with Crippen molar-refractivity contribution in [1.29, 1.82) is 0 Å². The number of rotatable bonds is 8. The van der Waals surface area contributed by atoms with Gasteiger partial charge in [0.25, 0.3) is 0 Å². The maximum absolute atomic E-state index is 12.8. The Kier molecular flexibility index (Phi) is 8.73. The highest BCUT2D eigenvalue weighted by molar-refractivity contribution is 5.68. The third-order valence-electron chi connectivity index (χ3n) is 4.37. The van der Waals surface area contributed by atoms with Crippen LogP contribution in [0.25, 0.3) is 0 Å². The van der Waals surface area contributed by atoms with Gasteiger partial charge < -0.3 is 18.9 Å². The number of hydrogen-bond donors (Lipinski definition) is 0. The van der Waals surface area contributed by atoms with Crippen LogP contribution in [0.4, 0.5) is 4.79 Å². The molecule has 0 aliphatic carbocycles. The Morgan fingerprint density at radius 1 is 1.14 bits per heavy atom. The maximum Gasteiger partial charge on any atom is 0.412 e. The van der Waals surface area contributed by atoms with Crippen molar-refractivity contribution in [3.8, 4) is 0 Å². The predicted molar refractivity (Wildman–Crippen MR) is 108 cm³/mol. The second-order valence-electron chi connectivity index (χ2n) is 7.91. The predicted octanol–water partition coefficient (Wildman–Crippen LogP) is 5.02. The third-order valence-corrected chi connectivity index (χ3v) is 4.37. The monoisotopic (exact) mass is 393 g/mol. The number of carbonyl (C=O) groups is 1. The van der Waals surface area contributed by atoms with Crippen molar-refractivity contribution in [3.63, 3.8) is 0 Å². The van der Waals surface area contributed by atoms with Crippen LogP contribution >= 0.6 is 0 Å². The van der Waals surface area contributed by atoms with Crippen LogP contribution in [0.3, 0.4) is 0 Å². The van der Waals surface area contributed by atoms with Crippen LogP contribution in [0.5, 0.6) is 0 Å². The summed E-state index contributed by atoms with van der Waals surface area (Å²) in [6.07, 6.45) is 1.95. The first-order chi connectivity index (χ1) is 13.3. The summed E-state index contributed by atoms with van der Waals surface area (Å²) in [6.45, 7) is 11.8. The molecular formula is C22H35NO5. The van der Waals surface area contributed by atoms with Crippen molar-refractivity contribution in [2.24, 2.45) is 0 Å². The molecular weight excluding hydrogens is 358 g/mol. The van der Waals surface area contributed by atoms with Gasteiger partial charge in [-0.2, -0.15) is 0 Å². The molecule has 1 aromatic rings.